The highest BCUT2D eigenvalue weighted by Gasteiger charge is 2.30. The predicted octanol–water partition coefficient (Wildman–Crippen LogP) is 4.30. The van der Waals surface area contributed by atoms with Crippen LogP contribution in [0.3, 0.4) is 0 Å². The number of halogens is 4. The maximum absolute atomic E-state index is 12.6. The molecule has 1 N–H and O–H groups in total. The highest BCUT2D eigenvalue weighted by atomic mass is 35.5. The van der Waals surface area contributed by atoms with Gasteiger partial charge in [0.1, 0.15) is 5.38 Å². The van der Waals surface area contributed by atoms with Crippen LogP contribution in [0.25, 0.3) is 0 Å². The Balaban J connectivity index is 2.00. The zero-order valence-electron chi connectivity index (χ0n) is 11.4. The van der Waals surface area contributed by atoms with E-state index in [1.54, 1.807) is 30.3 Å². The molecule has 0 spiro atoms. The maximum atomic E-state index is 12.6. The molecule has 0 heterocycles. The molecule has 22 heavy (non-hydrogen) atoms. The molecule has 6 heteroatoms. The summed E-state index contributed by atoms with van der Waals surface area (Å²) in [6, 6.07) is 13.5. The maximum Gasteiger partial charge on any atom is 0.416 e. The summed E-state index contributed by atoms with van der Waals surface area (Å²) in [6.45, 7) is -0.0151. The van der Waals surface area contributed by atoms with Crippen molar-refractivity contribution in [3.05, 3.63) is 71.3 Å². The number of hydrogen-bond acceptors (Lipinski definition) is 1. The van der Waals surface area contributed by atoms with Crippen molar-refractivity contribution in [3.63, 3.8) is 0 Å². The molecule has 2 nitrogen and oxygen atoms in total. The molecule has 2 aromatic rings. The van der Waals surface area contributed by atoms with Crippen LogP contribution in [-0.4, -0.2) is 5.91 Å². The lowest BCUT2D eigenvalue weighted by Gasteiger charge is -2.12. The van der Waals surface area contributed by atoms with Gasteiger partial charge in [-0.25, -0.2) is 0 Å². The number of benzene rings is 2. The Morgan fingerprint density at radius 3 is 2.41 bits per heavy atom. The molecule has 2 rings (SSSR count). The first-order chi connectivity index (χ1) is 10.4. The van der Waals surface area contributed by atoms with Crippen molar-refractivity contribution in [2.24, 2.45) is 0 Å². The van der Waals surface area contributed by atoms with E-state index in [-0.39, 0.29) is 6.54 Å². The highest BCUT2D eigenvalue weighted by molar-refractivity contribution is 6.30. The Hall–Kier alpha value is -2.01. The number of nitrogens with one attached hydrogen (secondary N) is 1. The lowest BCUT2D eigenvalue weighted by Crippen LogP contribution is -2.26. The largest absolute Gasteiger partial charge is 0.416 e. The Labute approximate surface area is 130 Å². The van der Waals surface area contributed by atoms with Gasteiger partial charge in [-0.3, -0.25) is 4.79 Å². The van der Waals surface area contributed by atoms with Crippen LogP contribution in [0, 0.1) is 0 Å². The third-order valence-electron chi connectivity index (χ3n) is 3.04. The van der Waals surface area contributed by atoms with Crippen LogP contribution in [0.2, 0.25) is 0 Å². The van der Waals surface area contributed by atoms with Gasteiger partial charge in [-0.1, -0.05) is 42.5 Å². The molecule has 2 aromatic carbocycles. The zero-order chi connectivity index (χ0) is 16.2. The minimum Gasteiger partial charge on any atom is -0.350 e. The van der Waals surface area contributed by atoms with Crippen LogP contribution >= 0.6 is 11.6 Å². The average molecular weight is 328 g/mol. The van der Waals surface area contributed by atoms with Gasteiger partial charge in [0, 0.05) is 6.54 Å². The van der Waals surface area contributed by atoms with Gasteiger partial charge in [0.05, 0.1) is 5.56 Å². The molecule has 1 unspecified atom stereocenters. The van der Waals surface area contributed by atoms with Gasteiger partial charge < -0.3 is 5.32 Å². The van der Waals surface area contributed by atoms with E-state index in [1.165, 1.54) is 12.1 Å². The third-order valence-corrected chi connectivity index (χ3v) is 3.49. The quantitative estimate of drug-likeness (QED) is 0.833. The van der Waals surface area contributed by atoms with Gasteiger partial charge in [-0.05, 0) is 23.3 Å². The standard InChI is InChI=1S/C16H13ClF3NO/c17-14(12-6-2-1-3-7-12)15(22)21-10-11-5-4-8-13(9-11)16(18,19)20/h1-9,14H,10H2,(H,21,22). The van der Waals surface area contributed by atoms with E-state index in [1.807, 2.05) is 0 Å². The normalized spacial score (nSPS) is 12.7. The molecule has 0 aliphatic carbocycles. The van der Waals surface area contributed by atoms with Crippen LogP contribution in [0.5, 0.6) is 0 Å². The average Bonchev–Trinajstić information content (AvgIpc) is 2.52. The first-order valence-electron chi connectivity index (χ1n) is 6.51. The number of amides is 1. The molecule has 0 fully saturated rings. The molecule has 0 saturated heterocycles. The number of carbonyl (C=O) groups is 1. The molecule has 0 aliphatic rings. The fourth-order valence-electron chi connectivity index (χ4n) is 1.91. The van der Waals surface area contributed by atoms with E-state index in [2.05, 4.69) is 5.32 Å². The van der Waals surface area contributed by atoms with E-state index >= 15 is 0 Å². The van der Waals surface area contributed by atoms with Crippen LogP contribution in [0.15, 0.2) is 54.6 Å². The third kappa shape index (κ3) is 4.24. The summed E-state index contributed by atoms with van der Waals surface area (Å²) in [6.07, 6.45) is -4.40. The number of carbonyl (C=O) groups excluding carboxylic acids is 1. The summed E-state index contributed by atoms with van der Waals surface area (Å²) in [5.74, 6) is -0.453. The molecule has 0 radical (unpaired) electrons. The van der Waals surface area contributed by atoms with Gasteiger partial charge in [0.15, 0.2) is 0 Å². The van der Waals surface area contributed by atoms with Crippen molar-refractivity contribution in [1.29, 1.82) is 0 Å². The number of rotatable bonds is 4. The minimum atomic E-state index is -4.40. The van der Waals surface area contributed by atoms with Gasteiger partial charge in [0.25, 0.3) is 0 Å². The van der Waals surface area contributed by atoms with Crippen molar-refractivity contribution >= 4 is 17.5 Å². The first kappa shape index (κ1) is 16.4. The Kier molecular flexibility index (Phi) is 5.08. The summed E-state index contributed by atoms with van der Waals surface area (Å²) in [5.41, 5.74) is 0.246. The van der Waals surface area contributed by atoms with Gasteiger partial charge in [0.2, 0.25) is 5.91 Å². The van der Waals surface area contributed by atoms with Crippen molar-refractivity contribution in [1.82, 2.24) is 5.32 Å². The van der Waals surface area contributed by atoms with Crippen LogP contribution in [-0.2, 0) is 17.5 Å². The molecular formula is C16H13ClF3NO. The lowest BCUT2D eigenvalue weighted by atomic mass is 10.1. The van der Waals surface area contributed by atoms with E-state index in [0.29, 0.717) is 11.1 Å². The second-order valence-electron chi connectivity index (χ2n) is 4.69. The van der Waals surface area contributed by atoms with Crippen molar-refractivity contribution < 1.29 is 18.0 Å². The Morgan fingerprint density at radius 1 is 1.09 bits per heavy atom. The Bertz CT molecular complexity index is 643. The summed E-state index contributed by atoms with van der Waals surface area (Å²) < 4.78 is 37.8. The molecule has 0 bridgehead atoms. The second-order valence-corrected chi connectivity index (χ2v) is 5.13. The summed E-state index contributed by atoms with van der Waals surface area (Å²) in [7, 11) is 0. The van der Waals surface area contributed by atoms with E-state index in [0.717, 1.165) is 12.1 Å². The molecule has 116 valence electrons. The lowest BCUT2D eigenvalue weighted by molar-refractivity contribution is -0.137. The number of alkyl halides is 4. The molecular weight excluding hydrogens is 315 g/mol. The van der Waals surface area contributed by atoms with Crippen LogP contribution in [0.1, 0.15) is 22.1 Å². The Morgan fingerprint density at radius 2 is 1.77 bits per heavy atom. The van der Waals surface area contributed by atoms with Gasteiger partial charge in [-0.2, -0.15) is 13.2 Å². The molecule has 0 saturated carbocycles. The summed E-state index contributed by atoms with van der Waals surface area (Å²) >= 11 is 6.03. The fourth-order valence-corrected chi connectivity index (χ4v) is 2.13. The van der Waals surface area contributed by atoms with Crippen molar-refractivity contribution in [2.45, 2.75) is 18.1 Å². The molecule has 1 amide bonds. The molecule has 0 aromatic heterocycles. The molecule has 1 atom stereocenters. The smallest absolute Gasteiger partial charge is 0.350 e. The minimum absolute atomic E-state index is 0.0151. The zero-order valence-corrected chi connectivity index (χ0v) is 12.2. The van der Waals surface area contributed by atoms with Crippen molar-refractivity contribution in [3.8, 4) is 0 Å². The summed E-state index contributed by atoms with van der Waals surface area (Å²) in [5, 5.41) is 1.66. The van der Waals surface area contributed by atoms with Gasteiger partial charge in [-0.15, -0.1) is 11.6 Å². The van der Waals surface area contributed by atoms with E-state index in [4.69, 9.17) is 11.6 Å². The SMILES string of the molecule is O=C(NCc1cccc(C(F)(F)F)c1)C(Cl)c1ccccc1. The topological polar surface area (TPSA) is 29.1 Å². The predicted molar refractivity (Wildman–Crippen MR) is 78.3 cm³/mol. The van der Waals surface area contributed by atoms with Gasteiger partial charge >= 0.3 is 6.18 Å². The van der Waals surface area contributed by atoms with Crippen LogP contribution in [0.4, 0.5) is 13.2 Å². The fraction of sp³-hybridized carbons (Fsp3) is 0.188. The molecule has 0 aliphatic heterocycles. The van der Waals surface area contributed by atoms with Crippen molar-refractivity contribution in [2.75, 3.05) is 0 Å². The van der Waals surface area contributed by atoms with E-state index in [9.17, 15) is 18.0 Å². The highest BCUT2D eigenvalue weighted by Crippen LogP contribution is 2.29. The van der Waals surface area contributed by atoms with Crippen LogP contribution < -0.4 is 5.32 Å². The number of hydrogen-bond donors (Lipinski definition) is 1. The summed E-state index contributed by atoms with van der Waals surface area (Å²) in [4.78, 5) is 11.9. The first-order valence-corrected chi connectivity index (χ1v) is 6.94. The van der Waals surface area contributed by atoms with E-state index < -0.39 is 23.0 Å². The monoisotopic (exact) mass is 327 g/mol. The second kappa shape index (κ2) is 6.83.